The van der Waals surface area contributed by atoms with Crippen molar-refractivity contribution in [1.29, 1.82) is 5.26 Å². The molecule has 4 aromatic carbocycles. The minimum Gasteiger partial charge on any atom is -0.374 e. The molecule has 3 heterocycles. The first-order valence-corrected chi connectivity index (χ1v) is 18.5. The zero-order valence-electron chi connectivity index (χ0n) is 30.5. The number of nitrogens with zero attached hydrogens (tertiary/aromatic N) is 6. The largest absolute Gasteiger partial charge is 0.416 e. The second-order valence-electron chi connectivity index (χ2n) is 14.3. The van der Waals surface area contributed by atoms with Crippen molar-refractivity contribution in [2.75, 3.05) is 13.2 Å². The first-order valence-electron chi connectivity index (χ1n) is 18.5. The lowest BCUT2D eigenvalue weighted by Gasteiger charge is -2.52. The molecule has 0 radical (unpaired) electrons. The molecular formula is C42H40F6N6O2. The highest BCUT2D eigenvalue weighted by Crippen LogP contribution is 2.59. The van der Waals surface area contributed by atoms with E-state index in [0.29, 0.717) is 42.9 Å². The third-order valence-electron chi connectivity index (χ3n) is 11.1. The maximum absolute atomic E-state index is 13.9. The zero-order valence-corrected chi connectivity index (χ0v) is 30.5. The molecule has 0 amide bonds. The van der Waals surface area contributed by atoms with Gasteiger partial charge in [-0.3, -0.25) is 4.90 Å². The molecule has 2 fully saturated rings. The Morgan fingerprint density at radius 3 is 2.02 bits per heavy atom. The highest BCUT2D eigenvalue weighted by atomic mass is 19.4. The number of hydrogen-bond donors (Lipinski definition) is 0. The molecule has 14 heteroatoms. The fourth-order valence-electron chi connectivity index (χ4n) is 8.75. The van der Waals surface area contributed by atoms with Gasteiger partial charge in [0.05, 0.1) is 55.0 Å². The van der Waals surface area contributed by atoms with Gasteiger partial charge >= 0.3 is 12.4 Å². The van der Waals surface area contributed by atoms with E-state index in [-0.39, 0.29) is 49.3 Å². The van der Waals surface area contributed by atoms with Gasteiger partial charge in [0.1, 0.15) is 6.10 Å². The number of fused-ring (bicyclic) bond motifs is 2. The number of halogens is 6. The topological polar surface area (TPSA) is 89.1 Å². The number of alkyl halides is 6. The van der Waals surface area contributed by atoms with Gasteiger partial charge in [0.25, 0.3) is 0 Å². The van der Waals surface area contributed by atoms with E-state index in [1.807, 2.05) is 36.4 Å². The molecule has 7 rings (SSSR count). The third-order valence-corrected chi connectivity index (χ3v) is 11.1. The van der Waals surface area contributed by atoms with Gasteiger partial charge in [0.2, 0.25) is 0 Å². The SMILES string of the molecule is CC(c1ccccc1)N1C2CC[C@H](OCCOC(c3ccccc3)c3cc(C(F)(F)F)cc(C(F)(F)F)c3)C1(c1ccccc1)CC2c1nnnn1CCC#N. The second-order valence-corrected chi connectivity index (χ2v) is 14.3. The van der Waals surface area contributed by atoms with Crippen molar-refractivity contribution in [3.63, 3.8) is 0 Å². The second kappa shape index (κ2) is 16.2. The molecular weight excluding hydrogens is 734 g/mol. The van der Waals surface area contributed by atoms with Gasteiger partial charge in [0, 0.05) is 18.0 Å². The van der Waals surface area contributed by atoms with Crippen LogP contribution in [0.25, 0.3) is 0 Å². The van der Waals surface area contributed by atoms with E-state index >= 15 is 0 Å². The van der Waals surface area contributed by atoms with Crippen LogP contribution in [0.4, 0.5) is 26.3 Å². The van der Waals surface area contributed by atoms with Crippen LogP contribution in [0.2, 0.25) is 0 Å². The van der Waals surface area contributed by atoms with E-state index in [0.717, 1.165) is 17.5 Å². The number of rotatable bonds is 13. The maximum atomic E-state index is 13.9. The number of ether oxygens (including phenoxy) is 2. The predicted octanol–water partition coefficient (Wildman–Crippen LogP) is 9.42. The highest BCUT2D eigenvalue weighted by molar-refractivity contribution is 5.39. The average Bonchev–Trinajstić information content (AvgIpc) is 3.76. The summed E-state index contributed by atoms with van der Waals surface area (Å²) in [7, 11) is 0. The summed E-state index contributed by atoms with van der Waals surface area (Å²) in [6.07, 6.45) is -9.43. The Hall–Kier alpha value is -5.10. The Kier molecular flexibility index (Phi) is 11.3. The van der Waals surface area contributed by atoms with Crippen LogP contribution >= 0.6 is 0 Å². The van der Waals surface area contributed by atoms with E-state index in [1.165, 1.54) is 0 Å². The van der Waals surface area contributed by atoms with E-state index in [9.17, 15) is 31.6 Å². The molecule has 2 aliphatic rings. The van der Waals surface area contributed by atoms with Gasteiger partial charge in [-0.2, -0.15) is 31.6 Å². The number of piperidine rings is 1. The lowest BCUT2D eigenvalue weighted by molar-refractivity contribution is -0.143. The van der Waals surface area contributed by atoms with Crippen LogP contribution in [0.5, 0.6) is 0 Å². The number of aromatic nitrogens is 4. The Morgan fingerprint density at radius 2 is 1.41 bits per heavy atom. The van der Waals surface area contributed by atoms with Crippen LogP contribution in [0.1, 0.15) is 89.9 Å². The van der Waals surface area contributed by atoms with Gasteiger partial charge < -0.3 is 9.47 Å². The summed E-state index contributed by atoms with van der Waals surface area (Å²) in [5.74, 6) is 0.577. The quantitative estimate of drug-likeness (QED) is 0.0870. The molecule has 2 saturated heterocycles. The normalized spacial score (nSPS) is 22.4. The molecule has 2 aliphatic heterocycles. The lowest BCUT2D eigenvalue weighted by atomic mass is 9.77. The standard InChI is InChI=1S/C42H40F6N6O2/c1-28(29-12-5-2-6-13-29)54-36-18-19-37(40(54,32-16-9-4-10-17-32)27-35(36)39-50-51-52-53(39)21-11-20-49)55-22-23-56-38(30-14-7-3-8-15-30)31-24-33(41(43,44)45)26-34(25-31)42(46,47)48/h2-10,12-17,24-26,28,35-38H,11,18-19,21-23,27H2,1H3/t28?,35?,36?,37-,38?,40?/m0/s1. The monoisotopic (exact) mass is 774 g/mol. The molecule has 0 aliphatic carbocycles. The van der Waals surface area contributed by atoms with Crippen LogP contribution in [-0.4, -0.2) is 50.5 Å². The van der Waals surface area contributed by atoms with Crippen molar-refractivity contribution < 1.29 is 35.8 Å². The molecule has 5 unspecified atom stereocenters. The van der Waals surface area contributed by atoms with Crippen molar-refractivity contribution in [2.45, 2.75) is 87.3 Å². The average molecular weight is 775 g/mol. The molecule has 6 atom stereocenters. The van der Waals surface area contributed by atoms with Crippen molar-refractivity contribution in [3.05, 3.63) is 148 Å². The summed E-state index contributed by atoms with van der Waals surface area (Å²) in [6.45, 7) is 2.41. The van der Waals surface area contributed by atoms with E-state index in [1.54, 1.807) is 35.0 Å². The number of hydrogen-bond acceptors (Lipinski definition) is 7. The molecule has 0 saturated carbocycles. The van der Waals surface area contributed by atoms with Crippen LogP contribution in [0, 0.1) is 11.3 Å². The van der Waals surface area contributed by atoms with Crippen molar-refractivity contribution in [1.82, 2.24) is 25.1 Å². The number of aryl methyl sites for hydroxylation is 1. The number of tetrazole rings is 1. The molecule has 5 aromatic rings. The summed E-state index contributed by atoms with van der Waals surface area (Å²) in [5, 5.41) is 22.1. The summed E-state index contributed by atoms with van der Waals surface area (Å²) in [4.78, 5) is 2.51. The van der Waals surface area contributed by atoms with E-state index < -0.39 is 41.2 Å². The molecule has 56 heavy (non-hydrogen) atoms. The molecule has 0 N–H and O–H groups in total. The van der Waals surface area contributed by atoms with Crippen LogP contribution in [0.15, 0.2) is 109 Å². The zero-order chi connectivity index (χ0) is 39.5. The van der Waals surface area contributed by atoms with Crippen LogP contribution in [0.3, 0.4) is 0 Å². The minimum absolute atomic E-state index is 0.000420. The van der Waals surface area contributed by atoms with Crippen LogP contribution < -0.4 is 0 Å². The smallest absolute Gasteiger partial charge is 0.374 e. The van der Waals surface area contributed by atoms with E-state index in [2.05, 4.69) is 57.7 Å². The minimum atomic E-state index is -5.01. The fraction of sp³-hybridized carbons (Fsp3) is 0.381. The van der Waals surface area contributed by atoms with Gasteiger partial charge in [0.15, 0.2) is 5.82 Å². The first-order chi connectivity index (χ1) is 26.9. The molecule has 292 valence electrons. The molecule has 8 nitrogen and oxygen atoms in total. The van der Waals surface area contributed by atoms with Crippen LogP contribution in [-0.2, 0) is 33.9 Å². The fourth-order valence-corrected chi connectivity index (χ4v) is 8.75. The summed E-state index contributed by atoms with van der Waals surface area (Å²) >= 11 is 0. The van der Waals surface area contributed by atoms with Gasteiger partial charge in [-0.05, 0) is 77.1 Å². The van der Waals surface area contributed by atoms with E-state index in [4.69, 9.17) is 9.47 Å². The Bertz CT molecular complexity index is 2080. The van der Waals surface area contributed by atoms with Gasteiger partial charge in [-0.15, -0.1) is 5.10 Å². The van der Waals surface area contributed by atoms with Crippen molar-refractivity contribution >= 4 is 0 Å². The third kappa shape index (κ3) is 7.80. The van der Waals surface area contributed by atoms with Crippen molar-refractivity contribution in [2.24, 2.45) is 0 Å². The number of benzene rings is 4. The predicted molar refractivity (Wildman–Crippen MR) is 194 cm³/mol. The first kappa shape index (κ1) is 39.1. The van der Waals surface area contributed by atoms with Gasteiger partial charge in [-0.25, -0.2) is 4.68 Å². The summed E-state index contributed by atoms with van der Waals surface area (Å²) in [6, 6.07) is 32.1. The highest BCUT2D eigenvalue weighted by Gasteiger charge is 2.62. The Labute approximate surface area is 320 Å². The maximum Gasteiger partial charge on any atom is 0.416 e. The summed E-state index contributed by atoms with van der Waals surface area (Å²) in [5.41, 5.74) is -1.25. The van der Waals surface area contributed by atoms with Gasteiger partial charge in [-0.1, -0.05) is 91.0 Å². The van der Waals surface area contributed by atoms with Crippen molar-refractivity contribution in [3.8, 4) is 6.07 Å². The molecule has 1 aromatic heterocycles. The molecule has 0 spiro atoms. The molecule has 2 bridgehead atoms. The lowest BCUT2D eigenvalue weighted by Crippen LogP contribution is -2.57. The summed E-state index contributed by atoms with van der Waals surface area (Å²) < 4.78 is 98.1. The Balaban J connectivity index is 1.22. The Morgan fingerprint density at radius 1 is 0.804 bits per heavy atom. The number of nitriles is 1.